The van der Waals surface area contributed by atoms with Gasteiger partial charge in [-0.05, 0) is 37.6 Å². The van der Waals surface area contributed by atoms with Crippen LogP contribution < -0.4 is 10.0 Å². The first-order valence-corrected chi connectivity index (χ1v) is 9.36. The van der Waals surface area contributed by atoms with Crippen molar-refractivity contribution >= 4 is 15.9 Å². The smallest absolute Gasteiger partial charge is 0.251 e. The summed E-state index contributed by atoms with van der Waals surface area (Å²) in [5, 5.41) is 2.71. The normalized spacial score (nSPS) is 12.8. The maximum absolute atomic E-state index is 12.1. The van der Waals surface area contributed by atoms with Crippen molar-refractivity contribution in [3.05, 3.63) is 29.8 Å². The molecule has 0 heterocycles. The highest BCUT2D eigenvalue weighted by Gasteiger charge is 2.17. The predicted octanol–water partition coefficient (Wildman–Crippen LogP) is 1.16. The molecule has 8 heteroatoms. The van der Waals surface area contributed by atoms with Gasteiger partial charge in [0.15, 0.2) is 0 Å². The Labute approximate surface area is 143 Å². The van der Waals surface area contributed by atoms with Crippen molar-refractivity contribution in [1.29, 1.82) is 0 Å². The molecule has 0 aliphatic carbocycles. The van der Waals surface area contributed by atoms with Crippen LogP contribution in [-0.2, 0) is 19.5 Å². The molecule has 1 unspecified atom stereocenters. The third-order valence-electron chi connectivity index (χ3n) is 3.36. The molecule has 0 bridgehead atoms. The molecule has 1 atom stereocenters. The molecule has 0 aliphatic heterocycles. The quantitative estimate of drug-likeness (QED) is 0.579. The van der Waals surface area contributed by atoms with Crippen LogP contribution >= 0.6 is 0 Å². The summed E-state index contributed by atoms with van der Waals surface area (Å²) < 4.78 is 36.9. The number of hydrogen-bond donors (Lipinski definition) is 2. The molecule has 1 rings (SSSR count). The van der Waals surface area contributed by atoms with Gasteiger partial charge in [0.05, 0.1) is 24.7 Å². The number of methoxy groups -OCH3 is 1. The van der Waals surface area contributed by atoms with Crippen LogP contribution in [0, 0.1) is 0 Å². The van der Waals surface area contributed by atoms with Gasteiger partial charge in [-0.25, -0.2) is 13.1 Å². The summed E-state index contributed by atoms with van der Waals surface area (Å²) in [5.41, 5.74) is 0.398. The number of carbonyl (C=O) groups excluding carboxylic acids is 1. The van der Waals surface area contributed by atoms with Crippen molar-refractivity contribution in [2.45, 2.75) is 31.2 Å². The van der Waals surface area contributed by atoms with Gasteiger partial charge in [-0.15, -0.1) is 0 Å². The van der Waals surface area contributed by atoms with Crippen LogP contribution in [0.2, 0.25) is 0 Å². The number of rotatable bonds is 11. The van der Waals surface area contributed by atoms with Crippen LogP contribution in [0.3, 0.4) is 0 Å². The van der Waals surface area contributed by atoms with Crippen LogP contribution in [-0.4, -0.2) is 53.8 Å². The van der Waals surface area contributed by atoms with E-state index in [0.717, 1.165) is 0 Å². The van der Waals surface area contributed by atoms with Gasteiger partial charge < -0.3 is 14.8 Å². The minimum Gasteiger partial charge on any atom is -0.382 e. The van der Waals surface area contributed by atoms with Gasteiger partial charge in [-0.1, -0.05) is 6.92 Å². The van der Waals surface area contributed by atoms with E-state index in [2.05, 4.69) is 10.0 Å². The zero-order valence-corrected chi connectivity index (χ0v) is 15.2. The van der Waals surface area contributed by atoms with Crippen LogP contribution in [0.1, 0.15) is 30.6 Å². The van der Waals surface area contributed by atoms with E-state index in [1.807, 2.05) is 6.92 Å². The summed E-state index contributed by atoms with van der Waals surface area (Å²) in [7, 11) is -1.97. The summed E-state index contributed by atoms with van der Waals surface area (Å²) in [5.74, 6) is -0.274. The van der Waals surface area contributed by atoms with Crippen molar-refractivity contribution in [2.24, 2.45) is 0 Å². The highest BCUT2D eigenvalue weighted by molar-refractivity contribution is 7.89. The second-order valence-electron chi connectivity index (χ2n) is 5.32. The third-order valence-corrected chi connectivity index (χ3v) is 4.96. The number of nitrogens with one attached hydrogen (secondary N) is 2. The molecule has 0 fully saturated rings. The number of sulfonamides is 1. The van der Waals surface area contributed by atoms with E-state index >= 15 is 0 Å². The van der Waals surface area contributed by atoms with Crippen molar-refractivity contribution < 1.29 is 22.7 Å². The van der Waals surface area contributed by atoms with Crippen molar-refractivity contribution in [3.63, 3.8) is 0 Å². The molecule has 0 saturated carbocycles. The minimum absolute atomic E-state index is 0.141. The Morgan fingerprint density at radius 1 is 1.17 bits per heavy atom. The second kappa shape index (κ2) is 10.4. The minimum atomic E-state index is -3.56. The number of carbonyl (C=O) groups is 1. The zero-order valence-electron chi connectivity index (χ0n) is 14.4. The van der Waals surface area contributed by atoms with Gasteiger partial charge in [-0.2, -0.15) is 0 Å². The first kappa shape index (κ1) is 20.6. The van der Waals surface area contributed by atoms with Gasteiger partial charge in [0.1, 0.15) is 0 Å². The second-order valence-corrected chi connectivity index (χ2v) is 7.03. The summed E-state index contributed by atoms with van der Waals surface area (Å²) in [6.07, 6.45) is 0.701. The molecule has 0 radical (unpaired) electrons. The molecule has 1 aromatic carbocycles. The third kappa shape index (κ3) is 6.96. The van der Waals surface area contributed by atoms with Gasteiger partial charge in [0.25, 0.3) is 5.91 Å². The molecule has 2 N–H and O–H groups in total. The lowest BCUT2D eigenvalue weighted by Gasteiger charge is -2.12. The zero-order chi connectivity index (χ0) is 18.0. The average Bonchev–Trinajstić information content (AvgIpc) is 2.57. The van der Waals surface area contributed by atoms with Crippen molar-refractivity contribution in [1.82, 2.24) is 10.0 Å². The van der Waals surface area contributed by atoms with Gasteiger partial charge in [0.2, 0.25) is 10.0 Å². The molecule has 136 valence electrons. The van der Waals surface area contributed by atoms with E-state index in [-0.39, 0.29) is 16.8 Å². The fraction of sp³-hybridized carbons (Fsp3) is 0.562. The van der Waals surface area contributed by atoms with E-state index in [4.69, 9.17) is 9.47 Å². The van der Waals surface area contributed by atoms with Crippen LogP contribution in [0.15, 0.2) is 29.2 Å². The first-order valence-electron chi connectivity index (χ1n) is 7.88. The Morgan fingerprint density at radius 3 is 2.42 bits per heavy atom. The van der Waals surface area contributed by atoms with Gasteiger partial charge >= 0.3 is 0 Å². The standard InChI is InChI=1S/C16H26N2O5S/c1-4-13(2)18-24(20,21)15-7-5-14(6-8-15)16(19)17-9-10-23-12-11-22-3/h5-8,13,18H,4,9-12H2,1-3H3,(H,17,19). The Bertz CT molecular complexity index is 601. The Balaban J connectivity index is 2.53. The molecular formula is C16H26N2O5S. The van der Waals surface area contributed by atoms with Gasteiger partial charge in [-0.3, -0.25) is 4.79 Å². The molecule has 24 heavy (non-hydrogen) atoms. The molecule has 0 saturated heterocycles. The first-order chi connectivity index (χ1) is 11.4. The number of hydrogen-bond acceptors (Lipinski definition) is 5. The van der Waals surface area contributed by atoms with Crippen molar-refractivity contribution in [2.75, 3.05) is 33.5 Å². The maximum Gasteiger partial charge on any atom is 0.251 e. The Morgan fingerprint density at radius 2 is 1.83 bits per heavy atom. The van der Waals surface area contributed by atoms with Crippen LogP contribution in [0.4, 0.5) is 0 Å². The Hall–Kier alpha value is -1.48. The SMILES string of the molecule is CCC(C)NS(=O)(=O)c1ccc(C(=O)NCCOCCOC)cc1. The predicted molar refractivity (Wildman–Crippen MR) is 91.5 cm³/mol. The lowest BCUT2D eigenvalue weighted by Crippen LogP contribution is -2.32. The summed E-state index contributed by atoms with van der Waals surface area (Å²) >= 11 is 0. The molecule has 7 nitrogen and oxygen atoms in total. The van der Waals surface area contributed by atoms with Gasteiger partial charge in [0, 0.05) is 25.3 Å². The lowest BCUT2D eigenvalue weighted by atomic mass is 10.2. The number of amides is 1. The number of ether oxygens (including phenoxy) is 2. The topological polar surface area (TPSA) is 93.7 Å². The van der Waals surface area contributed by atoms with Crippen LogP contribution in [0.5, 0.6) is 0 Å². The van der Waals surface area contributed by atoms with Crippen LogP contribution in [0.25, 0.3) is 0 Å². The highest BCUT2D eigenvalue weighted by atomic mass is 32.2. The molecule has 1 amide bonds. The lowest BCUT2D eigenvalue weighted by molar-refractivity contribution is 0.0692. The summed E-state index contributed by atoms with van der Waals surface area (Å²) in [4.78, 5) is 12.1. The average molecular weight is 358 g/mol. The summed E-state index contributed by atoms with van der Waals surface area (Å²) in [6.45, 7) is 5.45. The van der Waals surface area contributed by atoms with E-state index < -0.39 is 10.0 Å². The van der Waals surface area contributed by atoms with E-state index in [1.165, 1.54) is 24.3 Å². The summed E-state index contributed by atoms with van der Waals surface area (Å²) in [6, 6.07) is 5.69. The largest absolute Gasteiger partial charge is 0.382 e. The molecule has 0 spiro atoms. The highest BCUT2D eigenvalue weighted by Crippen LogP contribution is 2.11. The fourth-order valence-corrected chi connectivity index (χ4v) is 3.11. The van der Waals surface area contributed by atoms with E-state index in [0.29, 0.717) is 38.3 Å². The van der Waals surface area contributed by atoms with E-state index in [1.54, 1.807) is 14.0 Å². The molecule has 0 aromatic heterocycles. The van der Waals surface area contributed by atoms with E-state index in [9.17, 15) is 13.2 Å². The fourth-order valence-electron chi connectivity index (χ4n) is 1.78. The molecule has 1 aromatic rings. The number of benzene rings is 1. The molecule has 0 aliphatic rings. The Kier molecular flexibility index (Phi) is 8.91. The maximum atomic E-state index is 12.1. The molecular weight excluding hydrogens is 332 g/mol. The van der Waals surface area contributed by atoms with Crippen molar-refractivity contribution in [3.8, 4) is 0 Å². The monoisotopic (exact) mass is 358 g/mol.